The Labute approximate surface area is 259 Å². The van der Waals surface area contributed by atoms with Gasteiger partial charge in [0.2, 0.25) is 11.8 Å². The predicted octanol–water partition coefficient (Wildman–Crippen LogP) is 3.14. The van der Waals surface area contributed by atoms with E-state index in [2.05, 4.69) is 47.8 Å². The number of fused-ring (bicyclic) bond motifs is 10. The van der Waals surface area contributed by atoms with Gasteiger partial charge in [0.05, 0.1) is 22.7 Å². The second-order valence-corrected chi connectivity index (χ2v) is 12.4. The van der Waals surface area contributed by atoms with Gasteiger partial charge in [0.1, 0.15) is 23.7 Å². The highest BCUT2D eigenvalue weighted by molar-refractivity contribution is 9.11. The SMILES string of the molecule is COC(=O)C1Cc2cc(Br)c(c(Br)c2)Oc2cc(cc(C)c2O)CC(NC(=O)OC(C)(C)C)C(=O)NC(CO)C(=O)N1. The number of carbonyl (C=O) groups is 4. The molecule has 2 aliphatic heterocycles. The number of aromatic hydroxyl groups is 1. The molecule has 0 saturated heterocycles. The number of aryl methyl sites for hydroxylation is 1. The fourth-order valence-corrected chi connectivity index (χ4v) is 5.60. The number of amides is 3. The highest BCUT2D eigenvalue weighted by Crippen LogP contribution is 2.42. The molecule has 12 nitrogen and oxygen atoms in total. The molecule has 3 amide bonds. The lowest BCUT2D eigenvalue weighted by atomic mass is 10.0. The zero-order chi connectivity index (χ0) is 31.4. The van der Waals surface area contributed by atoms with E-state index in [1.165, 1.54) is 13.2 Å². The van der Waals surface area contributed by atoms with E-state index in [0.29, 0.717) is 31.4 Å². The summed E-state index contributed by atoms with van der Waals surface area (Å²) < 4.78 is 17.2. The first-order valence-electron chi connectivity index (χ1n) is 12.9. The lowest BCUT2D eigenvalue weighted by Gasteiger charge is -2.25. The summed E-state index contributed by atoms with van der Waals surface area (Å²) in [6.45, 7) is 5.83. The fraction of sp³-hybridized carbons (Fsp3) is 0.429. The second kappa shape index (κ2) is 13.7. The zero-order valence-electron chi connectivity index (χ0n) is 23.7. The smallest absolute Gasteiger partial charge is 0.408 e. The summed E-state index contributed by atoms with van der Waals surface area (Å²) in [6, 6.07) is 2.59. The summed E-state index contributed by atoms with van der Waals surface area (Å²) in [5.41, 5.74) is 0.677. The molecule has 5 N–H and O–H groups in total. The third kappa shape index (κ3) is 8.58. The summed E-state index contributed by atoms with van der Waals surface area (Å²) in [5, 5.41) is 28.2. The van der Waals surface area contributed by atoms with Crippen LogP contribution in [0.5, 0.6) is 17.2 Å². The third-order valence-electron chi connectivity index (χ3n) is 6.10. The van der Waals surface area contributed by atoms with Crippen LogP contribution in [0, 0.1) is 6.92 Å². The first-order valence-corrected chi connectivity index (χ1v) is 14.5. The maximum atomic E-state index is 13.4. The average Bonchev–Trinajstić information content (AvgIpc) is 2.88. The number of hydrogen-bond acceptors (Lipinski definition) is 9. The molecular weight excluding hydrogens is 682 g/mol. The van der Waals surface area contributed by atoms with Crippen LogP contribution in [0.3, 0.4) is 0 Å². The van der Waals surface area contributed by atoms with Crippen LogP contribution in [0.4, 0.5) is 4.79 Å². The highest BCUT2D eigenvalue weighted by atomic mass is 79.9. The summed E-state index contributed by atoms with van der Waals surface area (Å²) in [5.74, 6) is -2.14. The van der Waals surface area contributed by atoms with Crippen LogP contribution in [0.1, 0.15) is 37.5 Å². The number of phenolic OH excluding ortho intramolecular Hbond substituents is 1. The minimum absolute atomic E-state index is 0.00927. The van der Waals surface area contributed by atoms with E-state index >= 15 is 0 Å². The summed E-state index contributed by atoms with van der Waals surface area (Å²) in [7, 11) is 1.17. The van der Waals surface area contributed by atoms with Crippen LogP contribution in [0.2, 0.25) is 0 Å². The van der Waals surface area contributed by atoms with Gasteiger partial charge in [-0.1, -0.05) is 6.07 Å². The number of benzene rings is 2. The molecule has 14 heteroatoms. The van der Waals surface area contributed by atoms with Crippen molar-refractivity contribution in [2.24, 2.45) is 0 Å². The lowest BCUT2D eigenvalue weighted by molar-refractivity contribution is -0.145. The minimum Gasteiger partial charge on any atom is -0.504 e. The van der Waals surface area contributed by atoms with Gasteiger partial charge in [-0.2, -0.15) is 0 Å². The van der Waals surface area contributed by atoms with Gasteiger partial charge < -0.3 is 40.4 Å². The Hall–Kier alpha value is -3.36. The quantitative estimate of drug-likeness (QED) is 0.300. The summed E-state index contributed by atoms with van der Waals surface area (Å²) >= 11 is 6.93. The van der Waals surface area contributed by atoms with Crippen molar-refractivity contribution in [1.29, 1.82) is 0 Å². The Balaban J connectivity index is 2.14. The molecule has 0 saturated carbocycles. The Kier molecular flexibility index (Phi) is 10.8. The molecule has 2 aromatic carbocycles. The molecular formula is C28H33Br2N3O9. The van der Waals surface area contributed by atoms with Crippen molar-refractivity contribution in [2.75, 3.05) is 13.7 Å². The number of methoxy groups -OCH3 is 1. The molecule has 0 spiro atoms. The Morgan fingerprint density at radius 3 is 2.24 bits per heavy atom. The lowest BCUT2D eigenvalue weighted by Crippen LogP contribution is -2.58. The largest absolute Gasteiger partial charge is 0.504 e. The number of aliphatic hydroxyl groups is 1. The van der Waals surface area contributed by atoms with E-state index in [1.807, 2.05) is 0 Å². The van der Waals surface area contributed by atoms with E-state index in [0.717, 1.165) is 0 Å². The summed E-state index contributed by atoms with van der Waals surface area (Å²) in [4.78, 5) is 51.8. The van der Waals surface area contributed by atoms with E-state index in [-0.39, 0.29) is 24.3 Å². The number of carbonyl (C=O) groups excluding carboxylic acids is 4. The molecule has 228 valence electrons. The van der Waals surface area contributed by atoms with Gasteiger partial charge >= 0.3 is 12.1 Å². The van der Waals surface area contributed by atoms with Crippen molar-refractivity contribution in [1.82, 2.24) is 16.0 Å². The van der Waals surface area contributed by atoms with E-state index < -0.39 is 54.2 Å². The molecule has 3 atom stereocenters. The van der Waals surface area contributed by atoms with Crippen LogP contribution in [-0.2, 0) is 36.7 Å². The van der Waals surface area contributed by atoms with E-state index in [1.54, 1.807) is 45.9 Å². The number of aliphatic hydroxyl groups excluding tert-OH is 1. The predicted molar refractivity (Wildman–Crippen MR) is 158 cm³/mol. The van der Waals surface area contributed by atoms with Gasteiger partial charge in [0.25, 0.3) is 0 Å². The van der Waals surface area contributed by atoms with Crippen molar-refractivity contribution in [3.63, 3.8) is 0 Å². The molecule has 0 radical (unpaired) electrons. The van der Waals surface area contributed by atoms with E-state index in [4.69, 9.17) is 14.2 Å². The monoisotopic (exact) mass is 713 g/mol. The van der Waals surface area contributed by atoms with E-state index in [9.17, 15) is 29.4 Å². The van der Waals surface area contributed by atoms with Gasteiger partial charge in [-0.15, -0.1) is 0 Å². The molecule has 2 aliphatic rings. The number of hydrogen-bond donors (Lipinski definition) is 5. The molecule has 42 heavy (non-hydrogen) atoms. The van der Waals surface area contributed by atoms with Crippen molar-refractivity contribution in [2.45, 2.75) is 64.3 Å². The third-order valence-corrected chi connectivity index (χ3v) is 7.28. The average molecular weight is 715 g/mol. The molecule has 2 heterocycles. The van der Waals surface area contributed by atoms with Gasteiger partial charge in [-0.25, -0.2) is 9.59 Å². The Bertz CT molecular complexity index is 1350. The van der Waals surface area contributed by atoms with Crippen molar-refractivity contribution < 1.29 is 43.6 Å². The normalized spacial score (nSPS) is 19.6. The van der Waals surface area contributed by atoms with Gasteiger partial charge in [0, 0.05) is 12.8 Å². The Morgan fingerprint density at radius 2 is 1.67 bits per heavy atom. The molecule has 0 aliphatic carbocycles. The number of phenols is 1. The van der Waals surface area contributed by atoms with Crippen LogP contribution >= 0.6 is 31.9 Å². The first-order chi connectivity index (χ1) is 19.6. The van der Waals surface area contributed by atoms with Crippen molar-refractivity contribution >= 4 is 55.7 Å². The topological polar surface area (TPSA) is 173 Å². The summed E-state index contributed by atoms with van der Waals surface area (Å²) in [6.07, 6.45) is -0.997. The minimum atomic E-state index is -1.47. The van der Waals surface area contributed by atoms with Crippen molar-refractivity contribution in [3.8, 4) is 17.2 Å². The molecule has 4 bridgehead atoms. The van der Waals surface area contributed by atoms with Gasteiger partial charge in [0.15, 0.2) is 17.2 Å². The van der Waals surface area contributed by atoms with Gasteiger partial charge in [-0.05, 0) is 94.4 Å². The van der Waals surface area contributed by atoms with Crippen LogP contribution < -0.4 is 20.7 Å². The van der Waals surface area contributed by atoms with Crippen LogP contribution in [-0.4, -0.2) is 71.5 Å². The van der Waals surface area contributed by atoms with Crippen LogP contribution in [0.25, 0.3) is 0 Å². The first kappa shape index (κ1) is 33.1. The zero-order valence-corrected chi connectivity index (χ0v) is 26.8. The second-order valence-electron chi connectivity index (χ2n) is 10.7. The molecule has 2 aromatic rings. The maximum Gasteiger partial charge on any atom is 0.408 e. The molecule has 4 rings (SSSR count). The molecule has 0 fully saturated rings. The fourth-order valence-electron chi connectivity index (χ4n) is 4.16. The highest BCUT2D eigenvalue weighted by Gasteiger charge is 2.32. The number of esters is 1. The number of alkyl carbamates (subject to hydrolysis) is 1. The van der Waals surface area contributed by atoms with Gasteiger partial charge in [-0.3, -0.25) is 9.59 Å². The number of ether oxygens (including phenoxy) is 3. The maximum absolute atomic E-state index is 13.4. The number of halogens is 2. The Morgan fingerprint density at radius 1 is 1.05 bits per heavy atom. The van der Waals surface area contributed by atoms with Crippen LogP contribution in [0.15, 0.2) is 33.2 Å². The molecule has 0 aromatic heterocycles. The number of nitrogens with one attached hydrogen (secondary N) is 3. The van der Waals surface area contributed by atoms with Crippen molar-refractivity contribution in [3.05, 3.63) is 49.9 Å². The number of rotatable bonds is 3. The standard InChI is InChI=1S/C28H33Br2N3O9/c1-13-6-14-9-18(33-27(39)42-28(2,3)4)24(36)32-20(12-34)25(37)31-19(26(38)40-5)10-15-7-16(29)23(17(30)8-15)41-21(11-14)22(13)35/h6-8,11,18-20,34-35H,9-10,12H2,1-5H3,(H,31,37)(H,32,36)(H,33,39). The molecule has 3 unspecified atom stereocenters.